The van der Waals surface area contributed by atoms with Crippen molar-refractivity contribution in [2.24, 2.45) is 0 Å². The Morgan fingerprint density at radius 1 is 1.57 bits per heavy atom. The number of pyridine rings is 1. The van der Waals surface area contributed by atoms with E-state index < -0.39 is 5.97 Å². The molecule has 2 aromatic rings. The second-order valence-corrected chi connectivity index (χ2v) is 3.21. The van der Waals surface area contributed by atoms with Crippen LogP contribution >= 0.6 is 11.6 Å². The lowest BCUT2D eigenvalue weighted by Gasteiger charge is -1.97. The van der Waals surface area contributed by atoms with Gasteiger partial charge in [-0.1, -0.05) is 11.6 Å². The van der Waals surface area contributed by atoms with Crippen molar-refractivity contribution in [2.45, 2.75) is 0 Å². The molecule has 0 atom stereocenters. The van der Waals surface area contributed by atoms with E-state index in [9.17, 15) is 4.79 Å². The van der Waals surface area contributed by atoms with Crippen molar-refractivity contribution in [3.8, 4) is 0 Å². The molecular weight excluding hydrogens is 206 g/mol. The van der Waals surface area contributed by atoms with Gasteiger partial charge in [-0.2, -0.15) is 0 Å². The van der Waals surface area contributed by atoms with Gasteiger partial charge in [0.2, 0.25) is 0 Å². The van der Waals surface area contributed by atoms with Gasteiger partial charge in [0.1, 0.15) is 0 Å². The molecule has 0 aliphatic carbocycles. The minimum absolute atomic E-state index is 0.0565. The van der Waals surface area contributed by atoms with E-state index in [1.807, 2.05) is 0 Å². The van der Waals surface area contributed by atoms with Crippen molar-refractivity contribution in [3.05, 3.63) is 29.2 Å². The number of halogens is 1. The van der Waals surface area contributed by atoms with Gasteiger partial charge in [0.25, 0.3) is 0 Å². The zero-order chi connectivity index (χ0) is 10.3. The highest BCUT2D eigenvalue weighted by Crippen LogP contribution is 2.18. The number of rotatable bonds is 1. The molecule has 3 N–H and O–H groups in total. The Kier molecular flexibility index (Phi) is 1.82. The third kappa shape index (κ3) is 1.27. The van der Waals surface area contributed by atoms with Crippen LogP contribution in [0, 0.1) is 0 Å². The van der Waals surface area contributed by atoms with Crippen LogP contribution in [0.1, 0.15) is 10.5 Å². The van der Waals surface area contributed by atoms with E-state index in [0.717, 1.165) is 0 Å². The van der Waals surface area contributed by atoms with E-state index in [0.29, 0.717) is 16.4 Å². The number of imidazole rings is 1. The molecular formula is C8H6ClN3O2. The van der Waals surface area contributed by atoms with Gasteiger partial charge < -0.3 is 15.2 Å². The van der Waals surface area contributed by atoms with Crippen LogP contribution in [0.2, 0.25) is 5.02 Å². The second kappa shape index (κ2) is 2.88. The summed E-state index contributed by atoms with van der Waals surface area (Å²) in [6.07, 6.45) is 2.91. The maximum absolute atomic E-state index is 10.6. The Morgan fingerprint density at radius 3 is 2.93 bits per heavy atom. The molecule has 0 saturated heterocycles. The van der Waals surface area contributed by atoms with Gasteiger partial charge in [-0.15, -0.1) is 0 Å². The number of nitrogen functional groups attached to an aromatic ring is 1. The molecule has 0 bridgehead atoms. The predicted octanol–water partition coefficient (Wildman–Crippen LogP) is 1.27. The van der Waals surface area contributed by atoms with E-state index in [-0.39, 0.29) is 5.69 Å². The summed E-state index contributed by atoms with van der Waals surface area (Å²) in [7, 11) is 0. The summed E-state index contributed by atoms with van der Waals surface area (Å²) in [6.45, 7) is 0. The minimum atomic E-state index is -1.09. The molecule has 0 unspecified atom stereocenters. The quantitative estimate of drug-likeness (QED) is 0.744. The monoisotopic (exact) mass is 211 g/mol. The second-order valence-electron chi connectivity index (χ2n) is 2.78. The average Bonchev–Trinajstić information content (AvgIpc) is 2.47. The molecule has 0 fully saturated rings. The van der Waals surface area contributed by atoms with Crippen LogP contribution in [-0.4, -0.2) is 20.5 Å². The molecule has 0 aromatic carbocycles. The fourth-order valence-electron chi connectivity index (χ4n) is 1.19. The number of nitrogens with zero attached hydrogens (tertiary/aromatic N) is 2. The molecule has 0 spiro atoms. The Morgan fingerprint density at radius 2 is 2.29 bits per heavy atom. The molecule has 0 aliphatic rings. The molecule has 2 rings (SSSR count). The van der Waals surface area contributed by atoms with Crippen LogP contribution in [0.25, 0.3) is 5.65 Å². The van der Waals surface area contributed by atoms with Crippen LogP contribution in [0.5, 0.6) is 0 Å². The average molecular weight is 212 g/mol. The van der Waals surface area contributed by atoms with Gasteiger partial charge in [0.05, 0.1) is 10.7 Å². The smallest absolute Gasteiger partial charge is 0.356 e. The normalized spacial score (nSPS) is 10.6. The van der Waals surface area contributed by atoms with Gasteiger partial charge in [0, 0.05) is 12.4 Å². The first-order valence-corrected chi connectivity index (χ1v) is 4.13. The highest BCUT2D eigenvalue weighted by molar-refractivity contribution is 6.30. The zero-order valence-corrected chi connectivity index (χ0v) is 7.69. The van der Waals surface area contributed by atoms with Gasteiger partial charge in [0.15, 0.2) is 11.3 Å². The van der Waals surface area contributed by atoms with Crippen molar-refractivity contribution in [3.63, 3.8) is 0 Å². The summed E-state index contributed by atoms with van der Waals surface area (Å²) in [5.74, 6) is -1.09. The first-order valence-electron chi connectivity index (χ1n) is 3.75. The fraction of sp³-hybridized carbons (Fsp3) is 0. The molecule has 0 amide bonds. The maximum Gasteiger partial charge on any atom is 0.356 e. The van der Waals surface area contributed by atoms with Gasteiger partial charge in [-0.05, 0) is 6.07 Å². The molecule has 6 heteroatoms. The Hall–Kier alpha value is -1.75. The third-order valence-electron chi connectivity index (χ3n) is 1.77. The summed E-state index contributed by atoms with van der Waals surface area (Å²) in [4.78, 5) is 14.4. The lowest BCUT2D eigenvalue weighted by Crippen LogP contribution is -1.95. The van der Waals surface area contributed by atoms with Crippen molar-refractivity contribution in [1.29, 1.82) is 0 Å². The van der Waals surface area contributed by atoms with Crippen molar-refractivity contribution in [1.82, 2.24) is 9.38 Å². The topological polar surface area (TPSA) is 80.6 Å². The van der Waals surface area contributed by atoms with Gasteiger partial charge in [-0.3, -0.25) is 0 Å². The largest absolute Gasteiger partial charge is 0.476 e. The maximum atomic E-state index is 10.6. The van der Waals surface area contributed by atoms with Crippen molar-refractivity contribution < 1.29 is 9.90 Å². The molecule has 0 saturated carbocycles. The number of carboxylic acid groups (broad SMARTS) is 1. The zero-order valence-electron chi connectivity index (χ0n) is 6.94. The Bertz CT molecular complexity index is 521. The van der Waals surface area contributed by atoms with Crippen LogP contribution in [0.15, 0.2) is 18.5 Å². The number of aromatic carboxylic acids is 1. The standard InChI is InChI=1S/C8H6ClN3O2/c9-4-1-5(10)7-11-6(8(13)14)3-12(7)2-4/h1-3H,10H2,(H,13,14). The number of hydrogen-bond acceptors (Lipinski definition) is 3. The number of carboxylic acids is 1. The van der Waals surface area contributed by atoms with E-state index in [1.54, 1.807) is 6.20 Å². The van der Waals surface area contributed by atoms with E-state index in [4.69, 9.17) is 22.4 Å². The lowest BCUT2D eigenvalue weighted by atomic mass is 10.4. The summed E-state index contributed by atoms with van der Waals surface area (Å²) in [5, 5.41) is 9.13. The molecule has 5 nitrogen and oxygen atoms in total. The summed E-state index contributed by atoms with van der Waals surface area (Å²) < 4.78 is 1.49. The Balaban J connectivity index is 2.76. The minimum Gasteiger partial charge on any atom is -0.476 e. The van der Waals surface area contributed by atoms with Crippen LogP contribution in [0.3, 0.4) is 0 Å². The van der Waals surface area contributed by atoms with Gasteiger partial charge in [-0.25, -0.2) is 9.78 Å². The SMILES string of the molecule is Nc1cc(Cl)cn2cc(C(=O)O)nc12. The van der Waals surface area contributed by atoms with Crippen LogP contribution < -0.4 is 5.73 Å². The number of carbonyl (C=O) groups is 1. The van der Waals surface area contributed by atoms with Crippen LogP contribution in [-0.2, 0) is 0 Å². The summed E-state index contributed by atoms with van der Waals surface area (Å²) in [5.41, 5.74) is 6.30. The molecule has 14 heavy (non-hydrogen) atoms. The van der Waals surface area contributed by atoms with Crippen molar-refractivity contribution >= 4 is 28.9 Å². The first-order chi connectivity index (χ1) is 6.58. The lowest BCUT2D eigenvalue weighted by molar-refractivity contribution is 0.0691. The molecule has 2 heterocycles. The van der Waals surface area contributed by atoms with Crippen molar-refractivity contribution in [2.75, 3.05) is 5.73 Å². The number of fused-ring (bicyclic) bond motifs is 1. The molecule has 0 aliphatic heterocycles. The van der Waals surface area contributed by atoms with E-state index in [2.05, 4.69) is 4.98 Å². The number of anilines is 1. The van der Waals surface area contributed by atoms with Gasteiger partial charge >= 0.3 is 5.97 Å². The molecule has 2 aromatic heterocycles. The summed E-state index contributed by atoms with van der Waals surface area (Å²) >= 11 is 5.74. The predicted molar refractivity (Wildman–Crippen MR) is 51.6 cm³/mol. The Labute approximate surface area is 83.7 Å². The number of hydrogen-bond donors (Lipinski definition) is 2. The third-order valence-corrected chi connectivity index (χ3v) is 1.97. The van der Waals surface area contributed by atoms with E-state index in [1.165, 1.54) is 16.7 Å². The fourth-order valence-corrected chi connectivity index (χ4v) is 1.41. The first kappa shape index (κ1) is 8.83. The number of nitrogens with two attached hydrogens (primary N) is 1. The van der Waals surface area contributed by atoms with Crippen LogP contribution in [0.4, 0.5) is 5.69 Å². The highest BCUT2D eigenvalue weighted by Gasteiger charge is 2.10. The number of aromatic nitrogens is 2. The molecule has 0 radical (unpaired) electrons. The van der Waals surface area contributed by atoms with E-state index >= 15 is 0 Å². The summed E-state index contributed by atoms with van der Waals surface area (Å²) in [6, 6.07) is 1.52. The molecule has 72 valence electrons. The highest BCUT2D eigenvalue weighted by atomic mass is 35.5.